The van der Waals surface area contributed by atoms with E-state index in [0.717, 1.165) is 17.3 Å². The summed E-state index contributed by atoms with van der Waals surface area (Å²) in [7, 11) is 0. The first-order valence-corrected chi connectivity index (χ1v) is 8.88. The molecule has 0 atom stereocenters. The standard InChI is InChI=1S/C17H11ClN2O4S2.K/c18-13-4-2-1-3-10(13)9-24-14-6-5-12(20(22)23)7-11(14)8-15-16(21)19-17(25)26-15;/h1-8H,9H2,(H,19,21,25);/q;+1/p-1/b15-8-;. The number of aliphatic imine (C=N–C) groups is 1. The Hall–Kier alpha value is -0.784. The van der Waals surface area contributed by atoms with Crippen LogP contribution in [0.2, 0.25) is 5.02 Å². The smallest absolute Gasteiger partial charge is 0.753 e. The van der Waals surface area contributed by atoms with E-state index in [2.05, 4.69) is 4.99 Å². The van der Waals surface area contributed by atoms with E-state index in [1.54, 1.807) is 6.07 Å². The van der Waals surface area contributed by atoms with E-state index >= 15 is 0 Å². The minimum absolute atomic E-state index is 0. The average molecular weight is 445 g/mol. The Morgan fingerprint density at radius 3 is 2.67 bits per heavy atom. The van der Waals surface area contributed by atoms with E-state index in [4.69, 9.17) is 29.0 Å². The third-order valence-corrected chi connectivity index (χ3v) is 4.92. The zero-order chi connectivity index (χ0) is 18.7. The van der Waals surface area contributed by atoms with Gasteiger partial charge in [-0.05, 0) is 22.6 Å². The fourth-order valence-corrected chi connectivity index (χ4v) is 3.37. The van der Waals surface area contributed by atoms with Crippen molar-refractivity contribution in [3.05, 3.63) is 73.6 Å². The first-order valence-electron chi connectivity index (χ1n) is 7.28. The number of carbonyl (C=O) groups excluding carboxylic acids is 1. The van der Waals surface area contributed by atoms with Gasteiger partial charge in [0.2, 0.25) is 0 Å². The molecule has 0 fully saturated rings. The van der Waals surface area contributed by atoms with Crippen LogP contribution in [0.3, 0.4) is 0 Å². The predicted molar refractivity (Wildman–Crippen MR) is 104 cm³/mol. The molecule has 2 aromatic carbocycles. The van der Waals surface area contributed by atoms with Crippen LogP contribution in [0.1, 0.15) is 11.1 Å². The normalized spacial score (nSPS) is 14.6. The molecule has 0 bridgehead atoms. The van der Waals surface area contributed by atoms with E-state index in [0.29, 0.717) is 16.3 Å². The predicted octanol–water partition coefficient (Wildman–Crippen LogP) is 1.35. The summed E-state index contributed by atoms with van der Waals surface area (Å²) < 4.78 is 5.99. The second-order valence-corrected chi connectivity index (χ2v) is 7.24. The van der Waals surface area contributed by atoms with Crippen LogP contribution < -0.4 is 56.1 Å². The molecule has 0 N–H and O–H groups in total. The monoisotopic (exact) mass is 444 g/mol. The van der Waals surface area contributed by atoms with Gasteiger partial charge in [0.15, 0.2) is 0 Å². The number of benzene rings is 2. The van der Waals surface area contributed by atoms with Crippen molar-refractivity contribution in [2.24, 2.45) is 4.99 Å². The molecule has 1 amide bonds. The fourth-order valence-electron chi connectivity index (χ4n) is 2.20. The van der Waals surface area contributed by atoms with Crippen LogP contribution in [-0.4, -0.2) is 15.2 Å². The first-order chi connectivity index (χ1) is 12.4. The second kappa shape index (κ2) is 10.1. The average Bonchev–Trinajstić information content (AvgIpc) is 2.92. The number of rotatable bonds is 5. The third-order valence-electron chi connectivity index (χ3n) is 3.43. The maximum atomic E-state index is 11.8. The van der Waals surface area contributed by atoms with Crippen molar-refractivity contribution < 1.29 is 65.8 Å². The number of nitro benzene ring substituents is 1. The third kappa shape index (κ3) is 5.85. The number of non-ortho nitro benzene ring substituents is 1. The first kappa shape index (κ1) is 22.5. The molecule has 1 aliphatic heterocycles. The maximum Gasteiger partial charge on any atom is 1.00 e. The Labute approximate surface area is 212 Å². The van der Waals surface area contributed by atoms with Gasteiger partial charge in [0.05, 0.1) is 9.83 Å². The van der Waals surface area contributed by atoms with E-state index in [1.807, 2.05) is 18.2 Å². The molecule has 132 valence electrons. The number of ether oxygens (including phenoxy) is 1. The number of carbonyl (C=O) groups is 1. The number of nitrogens with zero attached hydrogens (tertiary/aromatic N) is 2. The topological polar surface area (TPSA) is 81.8 Å². The Kier molecular flexibility index (Phi) is 8.44. The molecule has 0 saturated carbocycles. The summed E-state index contributed by atoms with van der Waals surface area (Å²) >= 11 is 12.1. The molecular formula is C17H10ClKN2O4S2. The quantitative estimate of drug-likeness (QED) is 0.227. The van der Waals surface area contributed by atoms with Gasteiger partial charge in [0, 0.05) is 28.3 Å². The van der Waals surface area contributed by atoms with E-state index in [1.165, 1.54) is 24.3 Å². The van der Waals surface area contributed by atoms with Crippen molar-refractivity contribution in [3.8, 4) is 5.75 Å². The van der Waals surface area contributed by atoms with Crippen molar-refractivity contribution in [3.63, 3.8) is 0 Å². The summed E-state index contributed by atoms with van der Waals surface area (Å²) in [5.41, 5.74) is 1.05. The summed E-state index contributed by atoms with van der Waals surface area (Å²) in [6.45, 7) is 0.178. The minimum atomic E-state index is -0.515. The summed E-state index contributed by atoms with van der Waals surface area (Å²) in [5, 5.41) is 11.6. The molecule has 27 heavy (non-hydrogen) atoms. The van der Waals surface area contributed by atoms with Crippen LogP contribution in [0, 0.1) is 10.1 Å². The minimum Gasteiger partial charge on any atom is -0.753 e. The zero-order valence-corrected chi connectivity index (χ0v) is 19.6. The van der Waals surface area contributed by atoms with Gasteiger partial charge in [0.25, 0.3) is 11.6 Å². The van der Waals surface area contributed by atoms with Crippen LogP contribution in [-0.2, 0) is 24.0 Å². The van der Waals surface area contributed by atoms with Crippen LogP contribution in [0.4, 0.5) is 5.69 Å². The number of thioether (sulfide) groups is 1. The van der Waals surface area contributed by atoms with E-state index in [9.17, 15) is 14.9 Å². The van der Waals surface area contributed by atoms with Crippen molar-refractivity contribution >= 4 is 58.0 Å². The largest absolute Gasteiger partial charge is 1.00 e. The molecule has 0 saturated heterocycles. The van der Waals surface area contributed by atoms with E-state index in [-0.39, 0.29) is 73.0 Å². The van der Waals surface area contributed by atoms with Crippen molar-refractivity contribution in [1.82, 2.24) is 0 Å². The van der Waals surface area contributed by atoms with Crippen LogP contribution in [0.15, 0.2) is 52.4 Å². The van der Waals surface area contributed by atoms with Gasteiger partial charge < -0.3 is 17.4 Å². The number of amides is 1. The van der Waals surface area contributed by atoms with Crippen molar-refractivity contribution in [2.45, 2.75) is 6.61 Å². The molecule has 0 radical (unpaired) electrons. The second-order valence-electron chi connectivity index (χ2n) is 5.15. The van der Waals surface area contributed by atoms with Gasteiger partial charge >= 0.3 is 51.4 Å². The van der Waals surface area contributed by atoms with Crippen LogP contribution in [0.5, 0.6) is 5.75 Å². The Balaban J connectivity index is 0.00000261. The fraction of sp³-hybridized carbons (Fsp3) is 0.0588. The van der Waals surface area contributed by atoms with Gasteiger partial charge in [0.1, 0.15) is 12.4 Å². The molecule has 1 heterocycles. The number of hydrogen-bond acceptors (Lipinski definition) is 6. The Morgan fingerprint density at radius 1 is 1.30 bits per heavy atom. The van der Waals surface area contributed by atoms with Gasteiger partial charge in [-0.1, -0.05) is 41.6 Å². The number of halogens is 1. The molecule has 0 unspecified atom stereocenters. The summed E-state index contributed by atoms with van der Waals surface area (Å²) in [5.74, 6) is -0.0854. The number of hydrogen-bond donors (Lipinski definition) is 0. The molecule has 1 aliphatic rings. The summed E-state index contributed by atoms with van der Waals surface area (Å²) in [4.78, 5) is 26.3. The van der Waals surface area contributed by atoms with Gasteiger partial charge in [-0.2, -0.15) is 0 Å². The number of nitro groups is 1. The summed E-state index contributed by atoms with van der Waals surface area (Å²) in [6, 6.07) is 11.4. The Bertz CT molecular complexity index is 966. The molecule has 6 nitrogen and oxygen atoms in total. The van der Waals surface area contributed by atoms with Gasteiger partial charge in [-0.3, -0.25) is 14.9 Å². The van der Waals surface area contributed by atoms with Gasteiger partial charge in [-0.25, -0.2) is 4.99 Å². The molecule has 0 aromatic heterocycles. The summed E-state index contributed by atoms with van der Waals surface area (Å²) in [6.07, 6.45) is 1.49. The maximum absolute atomic E-state index is 11.8. The molecule has 3 rings (SSSR count). The van der Waals surface area contributed by atoms with Gasteiger partial charge in [-0.15, -0.1) is 0 Å². The molecule has 0 spiro atoms. The SMILES string of the molecule is O=C1N=C([S-])S/C1=C\c1cc([N+](=O)[O-])ccc1OCc1ccccc1Cl.[K+]. The molecule has 2 aromatic rings. The van der Waals surface area contributed by atoms with Crippen molar-refractivity contribution in [1.29, 1.82) is 0 Å². The van der Waals surface area contributed by atoms with Crippen molar-refractivity contribution in [2.75, 3.05) is 0 Å². The van der Waals surface area contributed by atoms with Crippen LogP contribution in [0.25, 0.3) is 6.08 Å². The molecule has 10 heteroatoms. The van der Waals surface area contributed by atoms with E-state index < -0.39 is 10.8 Å². The molecule has 0 aliphatic carbocycles. The Morgan fingerprint density at radius 2 is 2.04 bits per heavy atom. The zero-order valence-electron chi connectivity index (χ0n) is 14.0. The molecular weight excluding hydrogens is 435 g/mol. The van der Waals surface area contributed by atoms with Crippen LogP contribution >= 0.6 is 23.4 Å².